The number of amides is 1. The smallest absolute Gasteiger partial charge is 0.253 e. The van der Waals surface area contributed by atoms with Gasteiger partial charge in [-0.3, -0.25) is 14.6 Å². The van der Waals surface area contributed by atoms with E-state index in [1.165, 1.54) is 0 Å². The first-order valence-electron chi connectivity index (χ1n) is 8.02. The summed E-state index contributed by atoms with van der Waals surface area (Å²) in [5.41, 5.74) is 0.860. The third-order valence-corrected chi connectivity index (χ3v) is 4.75. The summed E-state index contributed by atoms with van der Waals surface area (Å²) in [6.07, 6.45) is 4.92. The van der Waals surface area contributed by atoms with Gasteiger partial charge in [0.15, 0.2) is 5.65 Å². The van der Waals surface area contributed by atoms with Crippen molar-refractivity contribution in [2.45, 2.75) is 25.3 Å². The molecular formula is C15H21ClN8O. The van der Waals surface area contributed by atoms with Crippen LogP contribution in [0.2, 0.25) is 0 Å². The number of halogens is 1. The van der Waals surface area contributed by atoms with Crippen molar-refractivity contribution in [3.63, 3.8) is 0 Å². The van der Waals surface area contributed by atoms with Gasteiger partial charge < -0.3 is 10.6 Å². The average Bonchev–Trinajstić information content (AvgIpc) is 3.29. The van der Waals surface area contributed by atoms with E-state index in [-0.39, 0.29) is 18.3 Å². The Morgan fingerprint density at radius 1 is 1.36 bits per heavy atom. The second-order valence-electron chi connectivity index (χ2n) is 6.19. The number of hydrogen-bond donors (Lipinski definition) is 3. The van der Waals surface area contributed by atoms with Crippen LogP contribution in [0.3, 0.4) is 0 Å². The fourth-order valence-electron chi connectivity index (χ4n) is 3.47. The Hall–Kier alpha value is -2.39. The van der Waals surface area contributed by atoms with Gasteiger partial charge in [0.05, 0.1) is 11.1 Å². The van der Waals surface area contributed by atoms with E-state index in [2.05, 4.69) is 31.0 Å². The summed E-state index contributed by atoms with van der Waals surface area (Å²) in [7, 11) is 1.83. The van der Waals surface area contributed by atoms with Crippen molar-refractivity contribution in [2.75, 3.05) is 18.4 Å². The Morgan fingerprint density at radius 2 is 2.12 bits per heavy atom. The zero-order valence-corrected chi connectivity index (χ0v) is 14.9. The molecule has 9 nitrogen and oxygen atoms in total. The molecule has 1 aliphatic rings. The first-order valence-corrected chi connectivity index (χ1v) is 8.02. The molecule has 0 atom stereocenters. The van der Waals surface area contributed by atoms with E-state index in [1.807, 2.05) is 26.2 Å². The lowest BCUT2D eigenvalue weighted by molar-refractivity contribution is -0.126. The van der Waals surface area contributed by atoms with Gasteiger partial charge in [0.2, 0.25) is 0 Å². The molecule has 3 aromatic heterocycles. The van der Waals surface area contributed by atoms with Gasteiger partial charge in [-0.25, -0.2) is 4.68 Å². The fraction of sp³-hybridized carbons (Fsp3) is 0.467. The van der Waals surface area contributed by atoms with Crippen LogP contribution in [-0.4, -0.2) is 48.8 Å². The third kappa shape index (κ3) is 2.69. The Morgan fingerprint density at radius 3 is 2.80 bits per heavy atom. The zero-order chi connectivity index (χ0) is 16.7. The standard InChI is InChI=1S/C15H20N8O.ClH/c1-10-11-12(19-20-13(11)22(2)21-10)18-14(24)15(4-7-16-8-5-15)23-9-3-6-17-23;/h3,6,9,16H,4-5,7-8H2,1-2H3,(H2,18,19,20,24);1H. The molecule has 0 radical (unpaired) electrons. The van der Waals surface area contributed by atoms with Crippen LogP contribution >= 0.6 is 12.4 Å². The van der Waals surface area contributed by atoms with Crippen LogP contribution in [0.25, 0.3) is 11.0 Å². The molecule has 1 aliphatic heterocycles. The molecule has 10 heteroatoms. The van der Waals surface area contributed by atoms with E-state index in [1.54, 1.807) is 15.6 Å². The van der Waals surface area contributed by atoms with Crippen LogP contribution in [0.15, 0.2) is 18.5 Å². The lowest BCUT2D eigenvalue weighted by Gasteiger charge is -2.36. The molecule has 4 heterocycles. The van der Waals surface area contributed by atoms with Gasteiger partial charge in [-0.05, 0) is 38.9 Å². The zero-order valence-electron chi connectivity index (χ0n) is 14.1. The number of fused-ring (bicyclic) bond motifs is 1. The van der Waals surface area contributed by atoms with E-state index in [0.717, 1.165) is 29.8 Å². The molecule has 0 spiro atoms. The highest BCUT2D eigenvalue weighted by atomic mass is 35.5. The number of rotatable bonds is 3. The third-order valence-electron chi connectivity index (χ3n) is 4.75. The Kier molecular flexibility index (Phi) is 4.53. The number of hydrogen-bond acceptors (Lipinski definition) is 5. The molecule has 0 bridgehead atoms. The number of piperidine rings is 1. The topological polar surface area (TPSA) is 105 Å². The Balaban J connectivity index is 0.00000182. The molecule has 0 saturated carbocycles. The van der Waals surface area contributed by atoms with E-state index in [4.69, 9.17) is 0 Å². The number of aromatic amines is 1. The molecule has 0 aliphatic carbocycles. The van der Waals surface area contributed by atoms with E-state index >= 15 is 0 Å². The first-order chi connectivity index (χ1) is 11.6. The van der Waals surface area contributed by atoms with Crippen LogP contribution in [-0.2, 0) is 17.4 Å². The molecule has 3 aromatic rings. The number of H-pyrrole nitrogens is 1. The van der Waals surface area contributed by atoms with E-state index in [9.17, 15) is 4.79 Å². The van der Waals surface area contributed by atoms with Gasteiger partial charge in [-0.2, -0.15) is 15.3 Å². The lowest BCUT2D eigenvalue weighted by atomic mass is 9.87. The van der Waals surface area contributed by atoms with Crippen molar-refractivity contribution in [1.82, 2.24) is 35.1 Å². The average molecular weight is 365 g/mol. The molecule has 3 N–H and O–H groups in total. The molecule has 134 valence electrons. The maximum atomic E-state index is 13.2. The molecule has 1 amide bonds. The van der Waals surface area contributed by atoms with Crippen molar-refractivity contribution < 1.29 is 4.79 Å². The highest BCUT2D eigenvalue weighted by Gasteiger charge is 2.42. The summed E-state index contributed by atoms with van der Waals surface area (Å²) in [5.74, 6) is 0.507. The van der Waals surface area contributed by atoms with Crippen molar-refractivity contribution >= 4 is 35.2 Å². The van der Waals surface area contributed by atoms with Crippen LogP contribution < -0.4 is 10.6 Å². The molecule has 0 unspecified atom stereocenters. The number of nitrogens with one attached hydrogen (secondary N) is 3. The molecule has 1 fully saturated rings. The quantitative estimate of drug-likeness (QED) is 0.641. The molecule has 25 heavy (non-hydrogen) atoms. The molecule has 1 saturated heterocycles. The van der Waals surface area contributed by atoms with Crippen molar-refractivity contribution in [3.05, 3.63) is 24.2 Å². The largest absolute Gasteiger partial charge is 0.317 e. The number of aryl methyl sites for hydroxylation is 2. The van der Waals surface area contributed by atoms with E-state index in [0.29, 0.717) is 18.7 Å². The van der Waals surface area contributed by atoms with Crippen LogP contribution in [0, 0.1) is 6.92 Å². The SMILES string of the molecule is Cc1nn(C)c2n[nH]c(NC(=O)C3(n4cccn4)CCNCC3)c12.Cl. The maximum absolute atomic E-state index is 13.2. The van der Waals surface area contributed by atoms with Crippen LogP contribution in [0.5, 0.6) is 0 Å². The number of anilines is 1. The van der Waals surface area contributed by atoms with Gasteiger partial charge in [-0.1, -0.05) is 0 Å². The predicted octanol–water partition coefficient (Wildman–Crippen LogP) is 0.941. The number of nitrogens with zero attached hydrogens (tertiary/aromatic N) is 5. The monoisotopic (exact) mass is 364 g/mol. The second kappa shape index (κ2) is 6.49. The lowest BCUT2D eigenvalue weighted by Crippen LogP contribution is -2.52. The predicted molar refractivity (Wildman–Crippen MR) is 95.8 cm³/mol. The summed E-state index contributed by atoms with van der Waals surface area (Å²) in [6.45, 7) is 3.45. The Labute approximate surface area is 150 Å². The van der Waals surface area contributed by atoms with Crippen molar-refractivity contribution in [2.24, 2.45) is 7.05 Å². The minimum Gasteiger partial charge on any atom is -0.317 e. The first kappa shape index (κ1) is 17.4. The summed E-state index contributed by atoms with van der Waals surface area (Å²) < 4.78 is 3.47. The van der Waals surface area contributed by atoms with Crippen molar-refractivity contribution in [1.29, 1.82) is 0 Å². The van der Waals surface area contributed by atoms with Crippen molar-refractivity contribution in [3.8, 4) is 0 Å². The van der Waals surface area contributed by atoms with Crippen LogP contribution in [0.1, 0.15) is 18.5 Å². The van der Waals surface area contributed by atoms with E-state index < -0.39 is 5.54 Å². The van der Waals surface area contributed by atoms with Gasteiger partial charge in [-0.15, -0.1) is 12.4 Å². The minimum atomic E-state index is -0.692. The molecule has 4 rings (SSSR count). The summed E-state index contributed by atoms with van der Waals surface area (Å²) in [6, 6.07) is 1.84. The number of carbonyl (C=O) groups is 1. The highest BCUT2D eigenvalue weighted by molar-refractivity contribution is 6.02. The maximum Gasteiger partial charge on any atom is 0.253 e. The molecular weight excluding hydrogens is 344 g/mol. The van der Waals surface area contributed by atoms with Gasteiger partial charge >= 0.3 is 0 Å². The second-order valence-corrected chi connectivity index (χ2v) is 6.19. The van der Waals surface area contributed by atoms with Gasteiger partial charge in [0.1, 0.15) is 11.4 Å². The fourth-order valence-corrected chi connectivity index (χ4v) is 3.47. The van der Waals surface area contributed by atoms with Gasteiger partial charge in [0, 0.05) is 19.4 Å². The summed E-state index contributed by atoms with van der Waals surface area (Å²) in [5, 5.41) is 23.0. The number of aromatic nitrogens is 6. The summed E-state index contributed by atoms with van der Waals surface area (Å²) >= 11 is 0. The number of carbonyl (C=O) groups excluding carboxylic acids is 1. The minimum absolute atomic E-state index is 0. The Bertz CT molecular complexity index is 875. The van der Waals surface area contributed by atoms with Gasteiger partial charge in [0.25, 0.3) is 5.91 Å². The summed E-state index contributed by atoms with van der Waals surface area (Å²) in [4.78, 5) is 13.2. The highest BCUT2D eigenvalue weighted by Crippen LogP contribution is 2.30. The molecule has 0 aromatic carbocycles. The van der Waals surface area contributed by atoms with Crippen LogP contribution in [0.4, 0.5) is 5.82 Å². The normalized spacial score (nSPS) is 16.6.